The number of nitrogens with zero attached hydrogens (tertiary/aromatic N) is 4. The summed E-state index contributed by atoms with van der Waals surface area (Å²) < 4.78 is 7.31. The third-order valence-electron chi connectivity index (χ3n) is 11.9. The molecule has 4 nitrogen and oxygen atoms in total. The normalized spacial score (nSPS) is 14.1. The molecule has 0 aliphatic carbocycles. The molecule has 0 bridgehead atoms. The molecular formula is C54H36N4. The molecule has 1 aliphatic heterocycles. The van der Waals surface area contributed by atoms with Gasteiger partial charge in [-0.15, -0.1) is 0 Å². The lowest BCUT2D eigenvalue weighted by molar-refractivity contribution is 1.14. The summed E-state index contributed by atoms with van der Waals surface area (Å²) in [6, 6.07) is 66.0. The van der Waals surface area contributed by atoms with E-state index in [1.807, 2.05) is 0 Å². The Morgan fingerprint density at radius 3 is 1.52 bits per heavy atom. The van der Waals surface area contributed by atoms with E-state index in [9.17, 15) is 0 Å². The Bertz CT molecular complexity index is 3500. The summed E-state index contributed by atoms with van der Waals surface area (Å²) in [5.41, 5.74) is 14.7. The first-order chi connectivity index (χ1) is 28.7. The summed E-state index contributed by atoms with van der Waals surface area (Å²) in [6.45, 7) is 4.53. The van der Waals surface area contributed by atoms with Gasteiger partial charge in [0.05, 0.1) is 38.8 Å². The van der Waals surface area contributed by atoms with E-state index < -0.39 is 0 Å². The van der Waals surface area contributed by atoms with Crippen molar-refractivity contribution < 1.29 is 0 Å². The van der Waals surface area contributed by atoms with Crippen LogP contribution in [0.2, 0.25) is 0 Å². The lowest BCUT2D eigenvalue weighted by Gasteiger charge is -2.27. The molecule has 0 spiro atoms. The summed E-state index contributed by atoms with van der Waals surface area (Å²) in [6.07, 6.45) is 8.43. The van der Waals surface area contributed by atoms with Crippen molar-refractivity contribution in [3.05, 3.63) is 219 Å². The second-order valence-corrected chi connectivity index (χ2v) is 15.1. The molecule has 12 rings (SSSR count). The minimum absolute atomic E-state index is 0.973. The number of para-hydroxylation sites is 5. The molecule has 58 heavy (non-hydrogen) atoms. The molecule has 8 aromatic carbocycles. The van der Waals surface area contributed by atoms with Crippen molar-refractivity contribution in [2.24, 2.45) is 0 Å². The van der Waals surface area contributed by atoms with Gasteiger partial charge in [0.25, 0.3) is 0 Å². The minimum atomic E-state index is 0.973. The van der Waals surface area contributed by atoms with Crippen LogP contribution in [-0.4, -0.2) is 13.7 Å². The third kappa shape index (κ3) is 4.63. The highest BCUT2D eigenvalue weighted by Gasteiger charge is 2.25. The SMILES string of the molecule is C=C1/C=C\C=C/N(c2ccccc2)c2c1ccc1c3ccccc3n(-c3ccc(-n4c5ccccc5c5c4ccc4c6ccccc6n(-c6ccccc6)c45)cc3)c21. The number of rotatable bonds is 4. The Balaban J connectivity index is 1.11. The molecule has 3 aromatic heterocycles. The average Bonchev–Trinajstić information content (AvgIpc) is 3.92. The van der Waals surface area contributed by atoms with Gasteiger partial charge >= 0.3 is 0 Å². The van der Waals surface area contributed by atoms with E-state index in [1.54, 1.807) is 0 Å². The molecule has 272 valence electrons. The van der Waals surface area contributed by atoms with Crippen LogP contribution in [0.25, 0.3) is 88.1 Å². The quantitative estimate of drug-likeness (QED) is 0.176. The number of hydrogen-bond donors (Lipinski definition) is 0. The van der Waals surface area contributed by atoms with Gasteiger partial charge < -0.3 is 18.6 Å². The van der Waals surface area contributed by atoms with E-state index in [2.05, 4.69) is 232 Å². The fourth-order valence-corrected chi connectivity index (χ4v) is 9.47. The van der Waals surface area contributed by atoms with E-state index in [0.717, 1.165) is 50.6 Å². The van der Waals surface area contributed by atoms with E-state index in [4.69, 9.17) is 0 Å². The molecule has 0 amide bonds. The highest BCUT2D eigenvalue weighted by molar-refractivity contribution is 6.26. The number of aromatic nitrogens is 3. The van der Waals surface area contributed by atoms with Crippen LogP contribution in [0.15, 0.2) is 213 Å². The van der Waals surface area contributed by atoms with Gasteiger partial charge in [0.2, 0.25) is 0 Å². The maximum absolute atomic E-state index is 4.53. The molecule has 1 aliphatic rings. The monoisotopic (exact) mass is 740 g/mol. The van der Waals surface area contributed by atoms with Crippen molar-refractivity contribution in [3.8, 4) is 17.1 Å². The second-order valence-electron chi connectivity index (χ2n) is 15.1. The molecule has 0 saturated carbocycles. The molecular weight excluding hydrogens is 705 g/mol. The van der Waals surface area contributed by atoms with Crippen LogP contribution in [0.4, 0.5) is 11.4 Å². The zero-order chi connectivity index (χ0) is 38.3. The summed E-state index contributed by atoms with van der Waals surface area (Å²) in [4.78, 5) is 2.31. The van der Waals surface area contributed by atoms with Crippen molar-refractivity contribution in [3.63, 3.8) is 0 Å². The van der Waals surface area contributed by atoms with Crippen LogP contribution in [-0.2, 0) is 0 Å². The number of allylic oxidation sites excluding steroid dienone is 4. The second kappa shape index (κ2) is 12.6. The lowest BCUT2D eigenvalue weighted by Crippen LogP contribution is -2.13. The van der Waals surface area contributed by atoms with E-state index in [0.29, 0.717) is 0 Å². The van der Waals surface area contributed by atoms with Gasteiger partial charge in [0.1, 0.15) is 0 Å². The molecule has 0 unspecified atom stereocenters. The molecule has 4 heterocycles. The van der Waals surface area contributed by atoms with E-state index >= 15 is 0 Å². The first-order valence-electron chi connectivity index (χ1n) is 19.8. The highest BCUT2D eigenvalue weighted by atomic mass is 15.1. The van der Waals surface area contributed by atoms with Crippen molar-refractivity contribution in [1.29, 1.82) is 0 Å². The molecule has 0 atom stereocenters. The summed E-state index contributed by atoms with van der Waals surface area (Å²) in [5.74, 6) is 0. The summed E-state index contributed by atoms with van der Waals surface area (Å²) in [5, 5.41) is 7.40. The van der Waals surface area contributed by atoms with Crippen LogP contribution in [0.3, 0.4) is 0 Å². The fourth-order valence-electron chi connectivity index (χ4n) is 9.47. The summed E-state index contributed by atoms with van der Waals surface area (Å²) in [7, 11) is 0. The molecule has 4 heteroatoms. The number of hydrogen-bond acceptors (Lipinski definition) is 1. The Kier molecular flexibility index (Phi) is 7.05. The third-order valence-corrected chi connectivity index (χ3v) is 11.9. The Morgan fingerprint density at radius 1 is 0.345 bits per heavy atom. The number of fused-ring (bicyclic) bond motifs is 12. The van der Waals surface area contributed by atoms with Gasteiger partial charge in [0, 0.05) is 66.8 Å². The Labute approximate surface area is 335 Å². The van der Waals surface area contributed by atoms with Crippen LogP contribution in [0, 0.1) is 0 Å². The first-order valence-corrected chi connectivity index (χ1v) is 19.8. The number of benzene rings is 8. The van der Waals surface area contributed by atoms with Crippen LogP contribution < -0.4 is 4.90 Å². The minimum Gasteiger partial charge on any atom is -0.315 e. The van der Waals surface area contributed by atoms with Crippen molar-refractivity contribution in [2.45, 2.75) is 0 Å². The van der Waals surface area contributed by atoms with Crippen molar-refractivity contribution >= 4 is 82.4 Å². The number of anilines is 2. The van der Waals surface area contributed by atoms with Gasteiger partial charge in [-0.1, -0.05) is 128 Å². The zero-order valence-electron chi connectivity index (χ0n) is 31.6. The van der Waals surface area contributed by atoms with Crippen LogP contribution >= 0.6 is 0 Å². The summed E-state index contributed by atoms with van der Waals surface area (Å²) >= 11 is 0. The maximum Gasteiger partial charge on any atom is 0.0788 e. The van der Waals surface area contributed by atoms with E-state index in [1.165, 1.54) is 54.4 Å². The predicted octanol–water partition coefficient (Wildman–Crippen LogP) is 14.2. The van der Waals surface area contributed by atoms with Gasteiger partial charge in [-0.2, -0.15) is 0 Å². The maximum atomic E-state index is 4.53. The zero-order valence-corrected chi connectivity index (χ0v) is 31.6. The standard InChI is InChI=1S/C54H36N4/c1-36-16-14-15-35-55(37-17-4-2-5-18-37)53-41(36)31-32-45-43-22-9-12-25-48(43)58(54(45)53)40-29-27-39(28-30-40)56-49-26-13-10-23-46(49)51-50(56)34-33-44-42-21-8-11-24-47(42)57(52(44)51)38-19-6-3-7-20-38/h2-35H,1H2/b16-14-,35-15-. The molecule has 0 N–H and O–H groups in total. The first kappa shape index (κ1) is 32.4. The highest BCUT2D eigenvalue weighted by Crippen LogP contribution is 2.46. The van der Waals surface area contributed by atoms with Crippen molar-refractivity contribution in [2.75, 3.05) is 4.90 Å². The van der Waals surface area contributed by atoms with Crippen LogP contribution in [0.5, 0.6) is 0 Å². The van der Waals surface area contributed by atoms with Gasteiger partial charge in [-0.05, 0) is 84.4 Å². The van der Waals surface area contributed by atoms with E-state index in [-0.39, 0.29) is 0 Å². The Hall–Kier alpha value is -7.82. The predicted molar refractivity (Wildman–Crippen MR) is 245 cm³/mol. The largest absolute Gasteiger partial charge is 0.315 e. The van der Waals surface area contributed by atoms with Gasteiger partial charge in [-0.3, -0.25) is 0 Å². The van der Waals surface area contributed by atoms with Crippen molar-refractivity contribution in [1.82, 2.24) is 13.7 Å². The van der Waals surface area contributed by atoms with Gasteiger partial charge in [0.15, 0.2) is 0 Å². The topological polar surface area (TPSA) is 18.0 Å². The molecule has 0 radical (unpaired) electrons. The Morgan fingerprint density at radius 2 is 0.845 bits per heavy atom. The molecule has 0 fully saturated rings. The smallest absolute Gasteiger partial charge is 0.0788 e. The molecule has 11 aromatic rings. The lowest BCUT2D eigenvalue weighted by atomic mass is 9.99. The van der Waals surface area contributed by atoms with Gasteiger partial charge in [-0.25, -0.2) is 0 Å². The van der Waals surface area contributed by atoms with Crippen LogP contribution in [0.1, 0.15) is 5.56 Å². The average molecular weight is 741 g/mol. The molecule has 0 saturated heterocycles. The fraction of sp³-hybridized carbons (Fsp3) is 0.